The molecular formula is C43H76O6. The number of hydrogen-bond acceptors (Lipinski definition) is 6. The van der Waals surface area contributed by atoms with Gasteiger partial charge in [-0.3, -0.25) is 9.59 Å². The van der Waals surface area contributed by atoms with E-state index in [2.05, 4.69) is 50.3 Å². The van der Waals surface area contributed by atoms with Crippen molar-refractivity contribution in [3.63, 3.8) is 0 Å². The van der Waals surface area contributed by atoms with Gasteiger partial charge in [0.2, 0.25) is 0 Å². The molecule has 0 saturated heterocycles. The molecule has 0 spiro atoms. The van der Waals surface area contributed by atoms with Gasteiger partial charge in [0.15, 0.2) is 6.10 Å². The van der Waals surface area contributed by atoms with Crippen LogP contribution in [0.2, 0.25) is 0 Å². The Morgan fingerprint density at radius 1 is 0.551 bits per heavy atom. The van der Waals surface area contributed by atoms with E-state index in [0.29, 0.717) is 12.8 Å². The molecule has 0 aromatic heterocycles. The highest BCUT2D eigenvalue weighted by Gasteiger charge is 2.16. The number of esters is 2. The molecule has 49 heavy (non-hydrogen) atoms. The summed E-state index contributed by atoms with van der Waals surface area (Å²) in [5.74, 6) is -0.676. The van der Waals surface area contributed by atoms with Gasteiger partial charge in [0.1, 0.15) is 6.61 Å². The smallest absolute Gasteiger partial charge is 0.306 e. The van der Waals surface area contributed by atoms with E-state index in [4.69, 9.17) is 9.47 Å². The molecule has 0 aliphatic rings. The minimum atomic E-state index is -0.810. The summed E-state index contributed by atoms with van der Waals surface area (Å²) in [5.41, 5.74) is 0. The zero-order valence-corrected chi connectivity index (χ0v) is 31.8. The number of unbranched alkanes of at least 4 members (excludes halogenated alkanes) is 18. The quantitative estimate of drug-likeness (QED) is 0.0387. The van der Waals surface area contributed by atoms with Crippen molar-refractivity contribution in [2.24, 2.45) is 0 Å². The van der Waals surface area contributed by atoms with E-state index in [1.54, 1.807) is 0 Å². The second kappa shape index (κ2) is 38.6. The molecule has 284 valence electrons. The first-order valence-corrected chi connectivity index (χ1v) is 20.3. The number of aliphatic hydroxyl groups excluding tert-OH is 2. The Morgan fingerprint density at radius 3 is 1.51 bits per heavy atom. The SMILES string of the molecule is CCCCCCCCCCCCCCCCCCCC(=O)OC[C@H](CO)OC(=O)CCC/C=C\C/C=C\C/C=C\C/C=C\[C@H](O)CCCC. The van der Waals surface area contributed by atoms with Crippen LogP contribution in [0.1, 0.15) is 187 Å². The summed E-state index contributed by atoms with van der Waals surface area (Å²) in [5, 5.41) is 19.3. The summed E-state index contributed by atoms with van der Waals surface area (Å²) < 4.78 is 10.6. The molecule has 0 saturated carbocycles. The maximum absolute atomic E-state index is 12.1. The summed E-state index contributed by atoms with van der Waals surface area (Å²) in [6.45, 7) is 3.94. The highest BCUT2D eigenvalue weighted by atomic mass is 16.6. The van der Waals surface area contributed by atoms with E-state index < -0.39 is 6.10 Å². The number of rotatable bonds is 36. The molecule has 0 heterocycles. The third-order valence-electron chi connectivity index (χ3n) is 8.70. The van der Waals surface area contributed by atoms with Gasteiger partial charge >= 0.3 is 11.9 Å². The van der Waals surface area contributed by atoms with Gasteiger partial charge in [0.25, 0.3) is 0 Å². The van der Waals surface area contributed by atoms with Crippen molar-refractivity contribution in [2.45, 2.75) is 199 Å². The van der Waals surface area contributed by atoms with Crippen LogP contribution in [0.15, 0.2) is 48.6 Å². The van der Waals surface area contributed by atoms with Crippen LogP contribution in [0.4, 0.5) is 0 Å². The van der Waals surface area contributed by atoms with Gasteiger partial charge in [0, 0.05) is 12.8 Å². The molecule has 2 atom stereocenters. The second-order valence-corrected chi connectivity index (χ2v) is 13.5. The van der Waals surface area contributed by atoms with Crippen molar-refractivity contribution in [3.8, 4) is 0 Å². The van der Waals surface area contributed by atoms with Crippen LogP contribution in [-0.2, 0) is 19.1 Å². The van der Waals surface area contributed by atoms with Gasteiger partial charge in [-0.25, -0.2) is 0 Å². The predicted octanol–water partition coefficient (Wildman–Crippen LogP) is 11.6. The fraction of sp³-hybridized carbons (Fsp3) is 0.767. The maximum atomic E-state index is 12.1. The molecule has 0 aromatic rings. The van der Waals surface area contributed by atoms with Crippen molar-refractivity contribution >= 4 is 11.9 Å². The molecule has 0 aromatic carbocycles. The third kappa shape index (κ3) is 36.9. The number of carbonyl (C=O) groups is 2. The Hall–Kier alpha value is -2.18. The fourth-order valence-corrected chi connectivity index (χ4v) is 5.57. The molecule has 0 aliphatic carbocycles. The summed E-state index contributed by atoms with van der Waals surface area (Å²) in [4.78, 5) is 24.2. The average Bonchev–Trinajstić information content (AvgIpc) is 3.10. The fourth-order valence-electron chi connectivity index (χ4n) is 5.57. The Kier molecular flexibility index (Phi) is 36.9. The molecule has 0 radical (unpaired) electrons. The number of allylic oxidation sites excluding steroid dienone is 7. The monoisotopic (exact) mass is 689 g/mol. The van der Waals surface area contributed by atoms with Crippen molar-refractivity contribution in [2.75, 3.05) is 13.2 Å². The van der Waals surface area contributed by atoms with Crippen LogP contribution in [-0.4, -0.2) is 47.6 Å². The number of aliphatic hydroxyl groups is 2. The largest absolute Gasteiger partial charge is 0.462 e. The Morgan fingerprint density at radius 2 is 1.00 bits per heavy atom. The Bertz CT molecular complexity index is 845. The normalized spacial score (nSPS) is 13.3. The molecule has 6 nitrogen and oxygen atoms in total. The number of hydrogen-bond donors (Lipinski definition) is 2. The lowest BCUT2D eigenvalue weighted by Gasteiger charge is -2.15. The number of ether oxygens (including phenoxy) is 2. The molecule has 2 N–H and O–H groups in total. The molecule has 0 bridgehead atoms. The lowest BCUT2D eigenvalue weighted by Crippen LogP contribution is -2.28. The van der Waals surface area contributed by atoms with E-state index in [9.17, 15) is 19.8 Å². The molecule has 0 aliphatic heterocycles. The van der Waals surface area contributed by atoms with E-state index in [1.807, 2.05) is 12.2 Å². The third-order valence-corrected chi connectivity index (χ3v) is 8.70. The van der Waals surface area contributed by atoms with Crippen LogP contribution in [0.25, 0.3) is 0 Å². The first-order valence-electron chi connectivity index (χ1n) is 20.3. The summed E-state index contributed by atoms with van der Waals surface area (Å²) in [7, 11) is 0. The van der Waals surface area contributed by atoms with Crippen molar-refractivity contribution in [3.05, 3.63) is 48.6 Å². The van der Waals surface area contributed by atoms with Gasteiger partial charge < -0.3 is 19.7 Å². The Labute approximate surface area is 301 Å². The minimum absolute atomic E-state index is 0.0969. The van der Waals surface area contributed by atoms with Gasteiger partial charge in [-0.05, 0) is 44.9 Å². The summed E-state index contributed by atoms with van der Waals surface area (Å²) in [6.07, 6.45) is 45.1. The van der Waals surface area contributed by atoms with Crippen LogP contribution in [0, 0.1) is 0 Å². The molecule has 6 heteroatoms. The second-order valence-electron chi connectivity index (χ2n) is 13.5. The van der Waals surface area contributed by atoms with Gasteiger partial charge in [-0.2, -0.15) is 0 Å². The summed E-state index contributed by atoms with van der Waals surface area (Å²) in [6, 6.07) is 0. The van der Waals surface area contributed by atoms with Crippen LogP contribution < -0.4 is 0 Å². The Balaban J connectivity index is 3.66. The topological polar surface area (TPSA) is 93.1 Å². The van der Waals surface area contributed by atoms with Gasteiger partial charge in [-0.1, -0.05) is 178 Å². The van der Waals surface area contributed by atoms with Crippen molar-refractivity contribution in [1.82, 2.24) is 0 Å². The highest BCUT2D eigenvalue weighted by Crippen LogP contribution is 2.15. The first-order chi connectivity index (χ1) is 24.0. The maximum Gasteiger partial charge on any atom is 0.306 e. The van der Waals surface area contributed by atoms with E-state index in [0.717, 1.165) is 64.2 Å². The lowest BCUT2D eigenvalue weighted by molar-refractivity contribution is -0.161. The molecule has 0 amide bonds. The highest BCUT2D eigenvalue weighted by molar-refractivity contribution is 5.70. The van der Waals surface area contributed by atoms with E-state index in [-0.39, 0.29) is 37.7 Å². The average molecular weight is 689 g/mol. The van der Waals surface area contributed by atoms with Crippen LogP contribution in [0.3, 0.4) is 0 Å². The lowest BCUT2D eigenvalue weighted by atomic mass is 10.0. The van der Waals surface area contributed by atoms with E-state index in [1.165, 1.54) is 89.9 Å². The minimum Gasteiger partial charge on any atom is -0.462 e. The molecular weight excluding hydrogens is 612 g/mol. The van der Waals surface area contributed by atoms with Crippen LogP contribution in [0.5, 0.6) is 0 Å². The van der Waals surface area contributed by atoms with Gasteiger partial charge in [-0.15, -0.1) is 0 Å². The van der Waals surface area contributed by atoms with Crippen molar-refractivity contribution < 1.29 is 29.3 Å². The van der Waals surface area contributed by atoms with Crippen molar-refractivity contribution in [1.29, 1.82) is 0 Å². The zero-order chi connectivity index (χ0) is 35.9. The predicted molar refractivity (Wildman–Crippen MR) is 206 cm³/mol. The first kappa shape index (κ1) is 46.8. The standard InChI is InChI=1S/C43H76O6/c1-3-5-7-8-9-10-11-12-13-14-15-16-20-23-26-29-32-36-42(46)48-39-41(38-44)49-43(47)37-33-30-27-24-21-18-17-19-22-25-28-31-35-40(45)34-6-4-2/h17-18,22,24-25,27,31,35,40-41,44-45H,3-16,19-21,23,26,28-30,32-34,36-39H2,1-2H3/b18-17-,25-22-,27-24-,35-31-/t40-,41+/m1/s1. The molecule has 0 unspecified atom stereocenters. The van der Waals surface area contributed by atoms with Crippen LogP contribution >= 0.6 is 0 Å². The zero-order valence-electron chi connectivity index (χ0n) is 31.8. The molecule has 0 fully saturated rings. The molecule has 0 rings (SSSR count). The number of carbonyl (C=O) groups excluding carboxylic acids is 2. The van der Waals surface area contributed by atoms with Gasteiger partial charge in [0.05, 0.1) is 12.7 Å². The summed E-state index contributed by atoms with van der Waals surface area (Å²) >= 11 is 0. The van der Waals surface area contributed by atoms with E-state index >= 15 is 0 Å².